The number of rotatable bonds is 7. The lowest BCUT2D eigenvalue weighted by molar-refractivity contribution is 0.221. The van der Waals surface area contributed by atoms with E-state index in [1.165, 1.54) is 14.2 Å². The number of nitrogens with one attached hydrogen (secondary N) is 1. The summed E-state index contributed by atoms with van der Waals surface area (Å²) in [6.07, 6.45) is 7.45. The van der Waals surface area contributed by atoms with Gasteiger partial charge in [-0.3, -0.25) is 9.80 Å². The lowest BCUT2D eigenvalue weighted by Crippen LogP contribution is -2.49. The van der Waals surface area contributed by atoms with Gasteiger partial charge in [0.1, 0.15) is 11.5 Å². The summed E-state index contributed by atoms with van der Waals surface area (Å²) < 4.78 is 40.6. The number of carbonyl (C=O) groups excluding carboxylic acids is 1. The number of carbonyl (C=O) groups is 1. The molecule has 0 unspecified atom stereocenters. The van der Waals surface area contributed by atoms with E-state index < -0.39 is 23.4 Å². The van der Waals surface area contributed by atoms with E-state index in [-0.39, 0.29) is 30.1 Å². The summed E-state index contributed by atoms with van der Waals surface area (Å²) in [7, 11) is 6.77. The highest BCUT2D eigenvalue weighted by Gasteiger charge is 2.44. The standard InChI is InChI=1S/C25H32F2N6O3/c1-31(2)16-7-5-15(6-8-16)29-24-28-12-14-13-32(25(34)33(17-9-10-17)23(14)30-24)22-20(26)18(35-3)11-19(36-4)21(22)27/h11-12,15-17H,5-10,13H2,1-4H3,(H,28,29,30). The maximum absolute atomic E-state index is 15.3. The average molecular weight is 503 g/mol. The summed E-state index contributed by atoms with van der Waals surface area (Å²) in [5.41, 5.74) is 0.108. The lowest BCUT2D eigenvalue weighted by Gasteiger charge is -2.37. The largest absolute Gasteiger partial charge is 0.493 e. The van der Waals surface area contributed by atoms with E-state index in [4.69, 9.17) is 14.5 Å². The lowest BCUT2D eigenvalue weighted by atomic mass is 9.91. The molecule has 0 radical (unpaired) electrons. The van der Waals surface area contributed by atoms with Crippen LogP contribution in [0.3, 0.4) is 0 Å². The Kier molecular flexibility index (Phi) is 6.59. The van der Waals surface area contributed by atoms with Crippen molar-refractivity contribution in [2.24, 2.45) is 0 Å². The Bertz CT molecular complexity index is 1120. The van der Waals surface area contributed by atoms with Crippen LogP contribution in [0.4, 0.5) is 31.0 Å². The third-order valence-electron chi connectivity index (χ3n) is 7.33. The van der Waals surface area contributed by atoms with Gasteiger partial charge in [-0.05, 0) is 52.6 Å². The van der Waals surface area contributed by atoms with E-state index in [1.807, 2.05) is 0 Å². The molecule has 1 aliphatic heterocycles. The Balaban J connectivity index is 1.45. The molecule has 36 heavy (non-hydrogen) atoms. The SMILES string of the molecule is COc1cc(OC)c(F)c(N2Cc3cnc(NC4CCC(N(C)C)CC4)nc3N(C3CC3)C2=O)c1F. The predicted octanol–water partition coefficient (Wildman–Crippen LogP) is 4.17. The summed E-state index contributed by atoms with van der Waals surface area (Å²) in [6, 6.07) is 1.36. The van der Waals surface area contributed by atoms with Gasteiger partial charge < -0.3 is 19.7 Å². The smallest absolute Gasteiger partial charge is 0.330 e. The van der Waals surface area contributed by atoms with E-state index >= 15 is 8.78 Å². The van der Waals surface area contributed by atoms with Gasteiger partial charge in [0.05, 0.1) is 20.8 Å². The molecule has 0 saturated heterocycles. The molecule has 2 fully saturated rings. The van der Waals surface area contributed by atoms with Gasteiger partial charge in [0.25, 0.3) is 0 Å². The summed E-state index contributed by atoms with van der Waals surface area (Å²) in [4.78, 5) is 27.7. The molecule has 194 valence electrons. The highest BCUT2D eigenvalue weighted by atomic mass is 19.1. The summed E-state index contributed by atoms with van der Waals surface area (Å²) in [5, 5.41) is 3.43. The van der Waals surface area contributed by atoms with Crippen LogP contribution in [-0.2, 0) is 6.54 Å². The van der Waals surface area contributed by atoms with Crippen molar-refractivity contribution in [3.8, 4) is 11.5 Å². The first-order valence-electron chi connectivity index (χ1n) is 12.3. The van der Waals surface area contributed by atoms with Crippen LogP contribution in [0.15, 0.2) is 12.3 Å². The number of anilines is 3. The number of methoxy groups -OCH3 is 2. The third kappa shape index (κ3) is 4.40. The van der Waals surface area contributed by atoms with Crippen LogP contribution in [0.25, 0.3) is 0 Å². The fourth-order valence-corrected chi connectivity index (χ4v) is 5.11. The van der Waals surface area contributed by atoms with E-state index in [2.05, 4.69) is 29.3 Å². The van der Waals surface area contributed by atoms with Crippen molar-refractivity contribution in [2.75, 3.05) is 43.4 Å². The van der Waals surface area contributed by atoms with Gasteiger partial charge in [-0.25, -0.2) is 18.6 Å². The van der Waals surface area contributed by atoms with Crippen molar-refractivity contribution in [3.63, 3.8) is 0 Å². The highest BCUT2D eigenvalue weighted by molar-refractivity contribution is 6.06. The maximum atomic E-state index is 15.3. The molecule has 11 heteroatoms. The van der Waals surface area contributed by atoms with Gasteiger partial charge in [0.15, 0.2) is 23.1 Å². The monoisotopic (exact) mass is 502 g/mol. The van der Waals surface area contributed by atoms with Crippen LogP contribution in [0.1, 0.15) is 44.1 Å². The zero-order valence-electron chi connectivity index (χ0n) is 21.1. The van der Waals surface area contributed by atoms with Gasteiger partial charge in [-0.1, -0.05) is 0 Å². The Labute approximate surface area is 209 Å². The predicted molar refractivity (Wildman–Crippen MR) is 132 cm³/mol. The van der Waals surface area contributed by atoms with Crippen LogP contribution in [0.2, 0.25) is 0 Å². The third-order valence-corrected chi connectivity index (χ3v) is 7.33. The van der Waals surface area contributed by atoms with Crippen LogP contribution < -0.4 is 24.6 Å². The molecule has 3 aliphatic rings. The molecule has 0 bridgehead atoms. The van der Waals surface area contributed by atoms with Crippen molar-refractivity contribution < 1.29 is 23.0 Å². The number of benzene rings is 1. The molecule has 1 N–H and O–H groups in total. The molecule has 2 heterocycles. The minimum absolute atomic E-state index is 0.0732. The summed E-state index contributed by atoms with van der Waals surface area (Å²) in [6.45, 7) is -0.0736. The number of amides is 2. The van der Waals surface area contributed by atoms with E-state index in [1.54, 1.807) is 11.1 Å². The fraction of sp³-hybridized carbons (Fsp3) is 0.560. The van der Waals surface area contributed by atoms with Crippen molar-refractivity contribution in [3.05, 3.63) is 29.5 Å². The minimum Gasteiger partial charge on any atom is -0.493 e. The van der Waals surface area contributed by atoms with Crippen molar-refractivity contribution >= 4 is 23.5 Å². The number of aromatic nitrogens is 2. The first-order valence-corrected chi connectivity index (χ1v) is 12.3. The average Bonchev–Trinajstić information content (AvgIpc) is 3.70. The molecule has 2 aliphatic carbocycles. The fourth-order valence-electron chi connectivity index (χ4n) is 5.11. The van der Waals surface area contributed by atoms with Crippen LogP contribution >= 0.6 is 0 Å². The number of fused-ring (bicyclic) bond motifs is 1. The molecular weight excluding hydrogens is 470 g/mol. The second kappa shape index (κ2) is 9.68. The Morgan fingerprint density at radius 2 is 1.67 bits per heavy atom. The number of urea groups is 1. The van der Waals surface area contributed by atoms with Crippen molar-refractivity contribution in [2.45, 2.75) is 63.2 Å². The van der Waals surface area contributed by atoms with Crippen LogP contribution in [0.5, 0.6) is 11.5 Å². The number of hydrogen-bond acceptors (Lipinski definition) is 7. The second-order valence-corrected chi connectivity index (χ2v) is 9.88. The summed E-state index contributed by atoms with van der Waals surface area (Å²) in [5.74, 6) is -1.38. The van der Waals surface area contributed by atoms with Gasteiger partial charge in [-0.2, -0.15) is 4.98 Å². The number of halogens is 2. The van der Waals surface area contributed by atoms with Gasteiger partial charge in [-0.15, -0.1) is 0 Å². The maximum Gasteiger partial charge on any atom is 0.330 e. The Morgan fingerprint density at radius 1 is 1.03 bits per heavy atom. The normalized spacial score (nSPS) is 22.0. The number of ether oxygens (including phenoxy) is 2. The van der Waals surface area contributed by atoms with E-state index in [9.17, 15) is 4.79 Å². The van der Waals surface area contributed by atoms with E-state index in [0.29, 0.717) is 23.4 Å². The molecule has 5 rings (SSSR count). The number of nitrogens with zero attached hydrogens (tertiary/aromatic N) is 5. The molecule has 9 nitrogen and oxygen atoms in total. The molecule has 2 amide bonds. The molecule has 0 atom stereocenters. The van der Waals surface area contributed by atoms with Crippen LogP contribution in [-0.4, -0.2) is 67.3 Å². The first kappa shape index (κ1) is 24.5. The molecular formula is C25H32F2N6O3. The minimum atomic E-state index is -0.962. The Morgan fingerprint density at radius 3 is 2.22 bits per heavy atom. The molecule has 1 aromatic heterocycles. The first-order chi connectivity index (χ1) is 17.3. The van der Waals surface area contributed by atoms with Gasteiger partial charge in [0, 0.05) is 36.0 Å². The van der Waals surface area contributed by atoms with Crippen LogP contribution in [0, 0.1) is 11.6 Å². The summed E-state index contributed by atoms with van der Waals surface area (Å²) >= 11 is 0. The molecule has 2 aromatic rings. The molecule has 2 saturated carbocycles. The highest BCUT2D eigenvalue weighted by Crippen LogP contribution is 2.43. The quantitative estimate of drug-likeness (QED) is 0.609. The number of hydrogen-bond donors (Lipinski definition) is 1. The van der Waals surface area contributed by atoms with Gasteiger partial charge >= 0.3 is 6.03 Å². The zero-order valence-corrected chi connectivity index (χ0v) is 21.1. The molecule has 1 aromatic carbocycles. The van der Waals surface area contributed by atoms with E-state index in [0.717, 1.165) is 49.5 Å². The zero-order chi connectivity index (χ0) is 25.6. The van der Waals surface area contributed by atoms with Crippen molar-refractivity contribution in [1.29, 1.82) is 0 Å². The molecule has 0 spiro atoms. The van der Waals surface area contributed by atoms with Gasteiger partial charge in [0.2, 0.25) is 5.95 Å². The second-order valence-electron chi connectivity index (χ2n) is 9.88. The Hall–Kier alpha value is -3.21. The van der Waals surface area contributed by atoms with Crippen molar-refractivity contribution in [1.82, 2.24) is 14.9 Å². The topological polar surface area (TPSA) is 83.1 Å².